The average Bonchev–Trinajstić information content (AvgIpc) is 2.60. The summed E-state index contributed by atoms with van der Waals surface area (Å²) in [6.07, 6.45) is -3.74. The van der Waals surface area contributed by atoms with E-state index in [1.54, 1.807) is 6.07 Å². The molecular formula is C21H20F3N. The summed E-state index contributed by atoms with van der Waals surface area (Å²) in [5.74, 6) is 0. The van der Waals surface area contributed by atoms with Gasteiger partial charge in [0.2, 0.25) is 0 Å². The zero-order valence-electron chi connectivity index (χ0n) is 14.0. The van der Waals surface area contributed by atoms with E-state index in [2.05, 4.69) is 36.5 Å². The van der Waals surface area contributed by atoms with E-state index in [1.807, 2.05) is 18.2 Å². The van der Waals surface area contributed by atoms with Crippen LogP contribution >= 0.6 is 0 Å². The minimum Gasteiger partial charge on any atom is -0.310 e. The minimum atomic E-state index is -4.29. The quantitative estimate of drug-likeness (QED) is 0.622. The van der Waals surface area contributed by atoms with Crippen LogP contribution in [0.3, 0.4) is 0 Å². The first-order valence-electron chi connectivity index (χ1n) is 8.32. The van der Waals surface area contributed by atoms with E-state index in [1.165, 1.54) is 28.5 Å². The van der Waals surface area contributed by atoms with Crippen LogP contribution in [0.15, 0.2) is 66.7 Å². The molecule has 3 aromatic rings. The summed E-state index contributed by atoms with van der Waals surface area (Å²) in [5.41, 5.74) is 1.29. The molecule has 25 heavy (non-hydrogen) atoms. The van der Waals surface area contributed by atoms with Crippen LogP contribution in [0, 0.1) is 0 Å². The third-order valence-electron chi connectivity index (χ3n) is 4.41. The van der Waals surface area contributed by atoms with Crippen molar-refractivity contribution in [2.75, 3.05) is 6.54 Å². The molecule has 0 unspecified atom stereocenters. The van der Waals surface area contributed by atoms with Gasteiger partial charge in [-0.05, 0) is 47.9 Å². The molecule has 0 aliphatic heterocycles. The molecule has 0 aliphatic carbocycles. The zero-order chi connectivity index (χ0) is 17.9. The van der Waals surface area contributed by atoms with Crippen molar-refractivity contribution in [3.63, 3.8) is 0 Å². The van der Waals surface area contributed by atoms with Crippen LogP contribution in [0.2, 0.25) is 0 Å². The van der Waals surface area contributed by atoms with E-state index >= 15 is 0 Å². The second kappa shape index (κ2) is 7.28. The fourth-order valence-corrected chi connectivity index (χ4v) is 3.07. The summed E-state index contributed by atoms with van der Waals surface area (Å²) in [5, 5.41) is 5.80. The second-order valence-corrected chi connectivity index (χ2v) is 6.19. The predicted octanol–water partition coefficient (Wildman–Crippen LogP) is 5.75. The molecule has 0 fully saturated rings. The van der Waals surface area contributed by atoms with Crippen LogP contribution in [0.4, 0.5) is 13.2 Å². The molecular weight excluding hydrogens is 323 g/mol. The van der Waals surface area contributed by atoms with E-state index in [-0.39, 0.29) is 6.04 Å². The summed E-state index contributed by atoms with van der Waals surface area (Å²) in [4.78, 5) is 0. The van der Waals surface area contributed by atoms with Gasteiger partial charge < -0.3 is 5.32 Å². The van der Waals surface area contributed by atoms with Gasteiger partial charge in [0.05, 0.1) is 5.56 Å². The SMILES string of the molecule is C[C@@H](NCCc1cccc(C(F)(F)F)c1)c1cccc2ccccc12. The van der Waals surface area contributed by atoms with Crippen molar-refractivity contribution in [3.8, 4) is 0 Å². The number of alkyl halides is 3. The predicted molar refractivity (Wildman–Crippen MR) is 95.5 cm³/mol. The fourth-order valence-electron chi connectivity index (χ4n) is 3.07. The van der Waals surface area contributed by atoms with Crippen LogP contribution < -0.4 is 5.32 Å². The highest BCUT2D eigenvalue weighted by Crippen LogP contribution is 2.29. The Morgan fingerprint density at radius 1 is 0.920 bits per heavy atom. The van der Waals surface area contributed by atoms with Crippen LogP contribution in [0.25, 0.3) is 10.8 Å². The standard InChI is InChI=1S/C21H20F3N/c1-15(19-11-5-8-17-7-2-3-10-20(17)19)25-13-12-16-6-4-9-18(14-16)21(22,23)24/h2-11,14-15,25H,12-13H2,1H3/t15-/m1/s1. The van der Waals surface area contributed by atoms with Gasteiger partial charge in [-0.1, -0.05) is 60.7 Å². The van der Waals surface area contributed by atoms with E-state index in [9.17, 15) is 13.2 Å². The molecule has 0 radical (unpaired) electrons. The van der Waals surface area contributed by atoms with Crippen molar-refractivity contribution in [3.05, 3.63) is 83.4 Å². The van der Waals surface area contributed by atoms with Gasteiger partial charge in [-0.25, -0.2) is 0 Å². The molecule has 1 N–H and O–H groups in total. The second-order valence-electron chi connectivity index (χ2n) is 6.19. The van der Waals surface area contributed by atoms with Crippen molar-refractivity contribution in [1.82, 2.24) is 5.32 Å². The minimum absolute atomic E-state index is 0.122. The van der Waals surface area contributed by atoms with Crippen LogP contribution in [-0.4, -0.2) is 6.54 Å². The highest BCUT2D eigenvalue weighted by atomic mass is 19.4. The van der Waals surface area contributed by atoms with Crippen molar-refractivity contribution in [2.45, 2.75) is 25.6 Å². The molecule has 1 atom stereocenters. The normalized spacial score (nSPS) is 13.1. The molecule has 0 aliphatic rings. The third kappa shape index (κ3) is 4.20. The Labute approximate surface area is 145 Å². The first-order chi connectivity index (χ1) is 11.9. The van der Waals surface area contributed by atoms with E-state index in [0.717, 1.165) is 6.07 Å². The summed E-state index contributed by atoms with van der Waals surface area (Å²) < 4.78 is 38.3. The number of benzene rings is 3. The number of rotatable bonds is 5. The average molecular weight is 343 g/mol. The highest BCUT2D eigenvalue weighted by molar-refractivity contribution is 5.86. The van der Waals surface area contributed by atoms with Gasteiger partial charge in [0.25, 0.3) is 0 Å². The number of fused-ring (bicyclic) bond motifs is 1. The molecule has 3 aromatic carbocycles. The lowest BCUT2D eigenvalue weighted by molar-refractivity contribution is -0.137. The molecule has 130 valence electrons. The van der Waals surface area contributed by atoms with Crippen molar-refractivity contribution in [1.29, 1.82) is 0 Å². The van der Waals surface area contributed by atoms with E-state index in [0.29, 0.717) is 18.5 Å². The zero-order valence-corrected chi connectivity index (χ0v) is 14.0. The lowest BCUT2D eigenvalue weighted by Crippen LogP contribution is -2.21. The van der Waals surface area contributed by atoms with E-state index in [4.69, 9.17) is 0 Å². The van der Waals surface area contributed by atoms with Gasteiger partial charge >= 0.3 is 6.18 Å². The maximum absolute atomic E-state index is 12.8. The topological polar surface area (TPSA) is 12.0 Å². The van der Waals surface area contributed by atoms with Gasteiger partial charge in [0, 0.05) is 6.04 Å². The molecule has 1 nitrogen and oxygen atoms in total. The number of nitrogens with one attached hydrogen (secondary N) is 1. The molecule has 3 rings (SSSR count). The summed E-state index contributed by atoms with van der Waals surface area (Å²) in [6, 6.07) is 20.0. The number of halogens is 3. The van der Waals surface area contributed by atoms with Gasteiger partial charge in [-0.3, -0.25) is 0 Å². The Morgan fingerprint density at radius 2 is 1.64 bits per heavy atom. The number of hydrogen-bond donors (Lipinski definition) is 1. The Morgan fingerprint density at radius 3 is 2.44 bits per heavy atom. The van der Waals surface area contributed by atoms with Crippen LogP contribution in [0.1, 0.15) is 29.7 Å². The van der Waals surface area contributed by atoms with Gasteiger partial charge in [0.15, 0.2) is 0 Å². The summed E-state index contributed by atoms with van der Waals surface area (Å²) in [7, 11) is 0. The maximum atomic E-state index is 12.8. The molecule has 0 amide bonds. The molecule has 0 saturated heterocycles. The molecule has 4 heteroatoms. The first kappa shape index (κ1) is 17.5. The Bertz CT molecular complexity index is 850. The number of hydrogen-bond acceptors (Lipinski definition) is 1. The molecule has 0 saturated carbocycles. The van der Waals surface area contributed by atoms with Gasteiger partial charge in [-0.15, -0.1) is 0 Å². The van der Waals surface area contributed by atoms with Crippen LogP contribution in [-0.2, 0) is 12.6 Å². The maximum Gasteiger partial charge on any atom is 0.416 e. The molecule has 0 spiro atoms. The largest absolute Gasteiger partial charge is 0.416 e. The van der Waals surface area contributed by atoms with Gasteiger partial charge in [0.1, 0.15) is 0 Å². The first-order valence-corrected chi connectivity index (χ1v) is 8.32. The molecule has 0 aromatic heterocycles. The smallest absolute Gasteiger partial charge is 0.310 e. The van der Waals surface area contributed by atoms with Crippen LogP contribution in [0.5, 0.6) is 0 Å². The summed E-state index contributed by atoms with van der Waals surface area (Å²) in [6.45, 7) is 2.69. The monoisotopic (exact) mass is 343 g/mol. The Hall–Kier alpha value is -2.33. The van der Waals surface area contributed by atoms with Gasteiger partial charge in [-0.2, -0.15) is 13.2 Å². The van der Waals surface area contributed by atoms with Crippen molar-refractivity contribution in [2.24, 2.45) is 0 Å². The highest BCUT2D eigenvalue weighted by Gasteiger charge is 2.30. The van der Waals surface area contributed by atoms with Crippen molar-refractivity contribution >= 4 is 10.8 Å². The third-order valence-corrected chi connectivity index (χ3v) is 4.41. The summed E-state index contributed by atoms with van der Waals surface area (Å²) >= 11 is 0. The molecule has 0 heterocycles. The lowest BCUT2D eigenvalue weighted by Gasteiger charge is -2.17. The lowest BCUT2D eigenvalue weighted by atomic mass is 9.99. The Balaban J connectivity index is 1.66. The fraction of sp³-hybridized carbons (Fsp3) is 0.238. The van der Waals surface area contributed by atoms with E-state index < -0.39 is 11.7 Å². The Kier molecular flexibility index (Phi) is 5.09. The molecule has 0 bridgehead atoms. The van der Waals surface area contributed by atoms with Crippen molar-refractivity contribution < 1.29 is 13.2 Å².